The van der Waals surface area contributed by atoms with Crippen molar-refractivity contribution in [3.05, 3.63) is 98.5 Å². The number of nitrogens with one attached hydrogen (secondary N) is 1. The van der Waals surface area contributed by atoms with Gasteiger partial charge in [0.1, 0.15) is 17.3 Å². The van der Waals surface area contributed by atoms with Crippen molar-refractivity contribution in [2.45, 2.75) is 13.2 Å². The lowest BCUT2D eigenvalue weighted by atomic mass is 10.1. The van der Waals surface area contributed by atoms with Crippen molar-refractivity contribution in [3.63, 3.8) is 0 Å². The van der Waals surface area contributed by atoms with Crippen LogP contribution in [-0.2, 0) is 13.2 Å². The molecule has 0 spiro atoms. The molecule has 0 atom stereocenters. The monoisotopic (exact) mass is 435 g/mol. The Kier molecular flexibility index (Phi) is 6.97. The fourth-order valence-electron chi connectivity index (χ4n) is 2.49. The fraction of sp³-hybridized carbons (Fsp3) is 0.0952. The van der Waals surface area contributed by atoms with Crippen LogP contribution < -0.4 is 10.1 Å². The minimum Gasteiger partial charge on any atom is -0.488 e. The lowest BCUT2D eigenvalue weighted by molar-refractivity contribution is 0.305. The molecular weight excluding hydrogens is 421 g/mol. The maximum absolute atomic E-state index is 6.22. The molecule has 138 valence electrons. The summed E-state index contributed by atoms with van der Waals surface area (Å²) in [5.74, 6) is 0.681. The van der Waals surface area contributed by atoms with Crippen LogP contribution in [-0.4, -0.2) is 4.99 Å². The molecule has 0 unspecified atom stereocenters. The molecule has 0 heterocycles. The van der Waals surface area contributed by atoms with Crippen LogP contribution >= 0.6 is 47.0 Å². The van der Waals surface area contributed by atoms with Crippen molar-refractivity contribution in [1.29, 1.82) is 0 Å². The molecule has 0 saturated heterocycles. The molecule has 0 fully saturated rings. The Balaban J connectivity index is 1.69. The van der Waals surface area contributed by atoms with Crippen LogP contribution in [0.3, 0.4) is 0 Å². The summed E-state index contributed by atoms with van der Waals surface area (Å²) in [6.45, 7) is 0.857. The van der Waals surface area contributed by atoms with Crippen LogP contribution in [0, 0.1) is 0 Å². The minimum absolute atomic E-state index is 0.320. The van der Waals surface area contributed by atoms with Crippen LogP contribution in [0.25, 0.3) is 0 Å². The smallest absolute Gasteiger partial charge is 0.129 e. The lowest BCUT2D eigenvalue weighted by Crippen LogP contribution is -2.22. The zero-order valence-corrected chi connectivity index (χ0v) is 17.3. The van der Waals surface area contributed by atoms with Gasteiger partial charge in [0.15, 0.2) is 0 Å². The summed E-state index contributed by atoms with van der Waals surface area (Å²) >= 11 is 23.9. The van der Waals surface area contributed by atoms with Crippen molar-refractivity contribution >= 4 is 52.0 Å². The predicted octanol–water partition coefficient (Wildman–Crippen LogP) is 6.69. The standard InChI is InChI=1S/C21H16Cl3NOS/c22-16-10-9-15(19(24)11-16)13-26-20-8-4-2-6-17(20)21(27)25-12-14-5-1-3-7-18(14)23/h1-11H,12-13H2,(H,25,27). The quantitative estimate of drug-likeness (QED) is 0.435. The molecule has 0 aliphatic heterocycles. The van der Waals surface area contributed by atoms with Crippen molar-refractivity contribution < 1.29 is 4.74 Å². The molecule has 0 aliphatic rings. The topological polar surface area (TPSA) is 21.3 Å². The van der Waals surface area contributed by atoms with Gasteiger partial charge >= 0.3 is 0 Å². The highest BCUT2D eigenvalue weighted by Crippen LogP contribution is 2.25. The van der Waals surface area contributed by atoms with E-state index in [1.165, 1.54) is 0 Å². The maximum atomic E-state index is 6.22. The molecular formula is C21H16Cl3NOS. The van der Waals surface area contributed by atoms with Gasteiger partial charge in [-0.2, -0.15) is 0 Å². The van der Waals surface area contributed by atoms with Gasteiger partial charge in [-0.3, -0.25) is 0 Å². The van der Waals surface area contributed by atoms with Gasteiger partial charge in [-0.25, -0.2) is 0 Å². The number of hydrogen-bond acceptors (Lipinski definition) is 2. The van der Waals surface area contributed by atoms with E-state index in [2.05, 4.69) is 5.32 Å². The van der Waals surface area contributed by atoms with E-state index in [0.717, 1.165) is 16.7 Å². The molecule has 0 amide bonds. The van der Waals surface area contributed by atoms with Gasteiger partial charge in [0.2, 0.25) is 0 Å². The second kappa shape index (κ2) is 9.43. The van der Waals surface area contributed by atoms with Crippen LogP contribution in [0.1, 0.15) is 16.7 Å². The lowest BCUT2D eigenvalue weighted by Gasteiger charge is -2.15. The highest BCUT2D eigenvalue weighted by atomic mass is 35.5. The second-order valence-electron chi connectivity index (χ2n) is 5.79. The fourth-order valence-corrected chi connectivity index (χ4v) is 3.39. The van der Waals surface area contributed by atoms with Crippen LogP contribution in [0.15, 0.2) is 66.7 Å². The van der Waals surface area contributed by atoms with Gasteiger partial charge in [-0.1, -0.05) is 83.4 Å². The number of benzene rings is 3. The molecule has 0 saturated carbocycles. The summed E-state index contributed by atoms with van der Waals surface area (Å²) in [7, 11) is 0. The van der Waals surface area contributed by atoms with Crippen LogP contribution in [0.5, 0.6) is 5.75 Å². The molecule has 0 radical (unpaired) electrons. The van der Waals surface area contributed by atoms with E-state index < -0.39 is 0 Å². The maximum Gasteiger partial charge on any atom is 0.129 e. The first-order chi connectivity index (χ1) is 13.0. The van der Waals surface area contributed by atoms with Crippen molar-refractivity contribution in [2.75, 3.05) is 0 Å². The van der Waals surface area contributed by atoms with E-state index in [1.807, 2.05) is 54.6 Å². The molecule has 0 bridgehead atoms. The highest BCUT2D eigenvalue weighted by molar-refractivity contribution is 7.80. The van der Waals surface area contributed by atoms with Gasteiger partial charge in [-0.15, -0.1) is 0 Å². The number of thiocarbonyl (C=S) groups is 1. The van der Waals surface area contributed by atoms with E-state index >= 15 is 0 Å². The van der Waals surface area contributed by atoms with Crippen molar-refractivity contribution in [2.24, 2.45) is 0 Å². The average Bonchev–Trinajstić information content (AvgIpc) is 2.67. The van der Waals surface area contributed by atoms with Crippen LogP contribution in [0.2, 0.25) is 15.1 Å². The predicted molar refractivity (Wildman–Crippen MR) is 117 cm³/mol. The van der Waals surface area contributed by atoms with Crippen molar-refractivity contribution in [3.8, 4) is 5.75 Å². The number of rotatable bonds is 6. The van der Waals surface area contributed by atoms with Gasteiger partial charge in [0.05, 0.1) is 5.56 Å². The van der Waals surface area contributed by atoms with E-state index in [9.17, 15) is 0 Å². The Morgan fingerprint density at radius 1 is 0.852 bits per heavy atom. The molecule has 2 nitrogen and oxygen atoms in total. The van der Waals surface area contributed by atoms with Gasteiger partial charge in [0, 0.05) is 27.2 Å². The summed E-state index contributed by atoms with van der Waals surface area (Å²) in [5.41, 5.74) is 2.64. The molecule has 6 heteroatoms. The van der Waals surface area contributed by atoms with Gasteiger partial charge in [-0.05, 0) is 35.9 Å². The number of halogens is 3. The summed E-state index contributed by atoms with van der Waals surface area (Å²) in [5, 5.41) is 5.10. The first-order valence-electron chi connectivity index (χ1n) is 8.22. The largest absolute Gasteiger partial charge is 0.488 e. The summed E-state index contributed by atoms with van der Waals surface area (Å²) in [6, 6.07) is 20.6. The number of hydrogen-bond donors (Lipinski definition) is 1. The SMILES string of the molecule is S=C(NCc1ccccc1Cl)c1ccccc1OCc1ccc(Cl)cc1Cl. The van der Waals surface area contributed by atoms with Gasteiger partial charge in [0.25, 0.3) is 0 Å². The summed E-state index contributed by atoms with van der Waals surface area (Å²) < 4.78 is 5.96. The average molecular weight is 437 g/mol. The van der Waals surface area contributed by atoms with E-state index in [-0.39, 0.29) is 0 Å². The second-order valence-corrected chi connectivity index (χ2v) is 7.45. The molecule has 3 aromatic rings. The van der Waals surface area contributed by atoms with E-state index in [1.54, 1.807) is 12.1 Å². The van der Waals surface area contributed by atoms with Crippen LogP contribution in [0.4, 0.5) is 0 Å². The van der Waals surface area contributed by atoms with E-state index in [4.69, 9.17) is 51.8 Å². The first-order valence-corrected chi connectivity index (χ1v) is 9.76. The van der Waals surface area contributed by atoms with Gasteiger partial charge < -0.3 is 10.1 Å². The Hall–Kier alpha value is -1.78. The van der Waals surface area contributed by atoms with E-state index in [0.29, 0.717) is 39.0 Å². The zero-order valence-electron chi connectivity index (χ0n) is 14.2. The highest BCUT2D eigenvalue weighted by Gasteiger charge is 2.10. The molecule has 27 heavy (non-hydrogen) atoms. The number of para-hydroxylation sites is 1. The molecule has 0 aliphatic carbocycles. The Morgan fingerprint density at radius 2 is 1.59 bits per heavy atom. The minimum atomic E-state index is 0.320. The Labute approximate surface area is 179 Å². The Morgan fingerprint density at radius 3 is 2.37 bits per heavy atom. The Bertz CT molecular complexity index is 962. The first kappa shape index (κ1) is 20.0. The third-order valence-corrected chi connectivity index (χ3v) is 5.25. The molecule has 3 rings (SSSR count). The normalized spacial score (nSPS) is 10.5. The number of ether oxygens (including phenoxy) is 1. The summed E-state index contributed by atoms with van der Waals surface area (Å²) in [6.07, 6.45) is 0. The molecule has 3 aromatic carbocycles. The third-order valence-electron chi connectivity index (χ3n) is 3.93. The molecule has 0 aromatic heterocycles. The molecule has 1 N–H and O–H groups in total. The zero-order chi connectivity index (χ0) is 19.2. The summed E-state index contributed by atoms with van der Waals surface area (Å²) in [4.78, 5) is 0.590. The van der Waals surface area contributed by atoms with Crippen molar-refractivity contribution in [1.82, 2.24) is 5.32 Å². The third kappa shape index (κ3) is 5.36.